The third-order valence-electron chi connectivity index (χ3n) is 5.60. The summed E-state index contributed by atoms with van der Waals surface area (Å²) in [5, 5.41) is 9.91. The highest BCUT2D eigenvalue weighted by Gasteiger charge is 2.32. The van der Waals surface area contributed by atoms with Gasteiger partial charge in [-0.3, -0.25) is 4.79 Å². The molecule has 0 radical (unpaired) electrons. The Morgan fingerprint density at radius 2 is 1.96 bits per heavy atom. The van der Waals surface area contributed by atoms with Gasteiger partial charge in [0.15, 0.2) is 6.29 Å². The van der Waals surface area contributed by atoms with Gasteiger partial charge in [0, 0.05) is 5.92 Å². The average Bonchev–Trinajstić information content (AvgIpc) is 2.72. The molecule has 2 aliphatic rings. The maximum Gasteiger partial charge on any atom is 0.157 e. The molecule has 2 atom stereocenters. The molecule has 27 heavy (non-hydrogen) atoms. The monoisotopic (exact) mass is 360 g/mol. The smallest absolute Gasteiger partial charge is 0.157 e. The molecule has 0 heterocycles. The Kier molecular flexibility index (Phi) is 5.10. The fourth-order valence-electron chi connectivity index (χ4n) is 4.39. The maximum absolute atomic E-state index is 10.5. The van der Waals surface area contributed by atoms with Crippen molar-refractivity contribution in [1.82, 2.24) is 0 Å². The standard InChI is InChI=1S/C24H24O3/c25-14-15-27-21-10-6-18(7-11-21)24-22(17-4-2-1-3-5-17)12-8-19-16-20(26)9-13-23(19)24/h2,4-7,9-11,13-14,16,22,24,26H,1,3,8,12,15H2. The van der Waals surface area contributed by atoms with Crippen molar-refractivity contribution < 1.29 is 14.6 Å². The van der Waals surface area contributed by atoms with E-state index in [2.05, 4.69) is 36.4 Å². The Bertz CT molecular complexity index is 877. The Balaban J connectivity index is 1.73. The van der Waals surface area contributed by atoms with Gasteiger partial charge in [0.25, 0.3) is 0 Å². The summed E-state index contributed by atoms with van der Waals surface area (Å²) in [7, 11) is 0. The summed E-state index contributed by atoms with van der Waals surface area (Å²) in [5.41, 5.74) is 5.19. The zero-order valence-electron chi connectivity index (χ0n) is 15.3. The van der Waals surface area contributed by atoms with E-state index in [1.807, 2.05) is 18.2 Å². The number of allylic oxidation sites excluding steroid dienone is 4. The number of fused-ring (bicyclic) bond motifs is 1. The second-order valence-corrected chi connectivity index (χ2v) is 7.24. The van der Waals surface area contributed by atoms with Crippen LogP contribution in [0.5, 0.6) is 11.5 Å². The number of phenols is 1. The molecular weight excluding hydrogens is 336 g/mol. The zero-order chi connectivity index (χ0) is 18.6. The lowest BCUT2D eigenvalue weighted by molar-refractivity contribution is -0.109. The number of carbonyl (C=O) groups is 1. The molecular formula is C24H24O3. The highest BCUT2D eigenvalue weighted by Crippen LogP contribution is 2.46. The Hall–Kier alpha value is -2.81. The van der Waals surface area contributed by atoms with E-state index in [1.54, 1.807) is 6.07 Å². The van der Waals surface area contributed by atoms with Crippen LogP contribution < -0.4 is 4.74 Å². The second kappa shape index (κ2) is 7.83. The number of rotatable bonds is 5. The van der Waals surface area contributed by atoms with E-state index in [0.29, 0.717) is 17.4 Å². The average molecular weight is 360 g/mol. The highest BCUT2D eigenvalue weighted by atomic mass is 16.5. The molecule has 2 aromatic rings. The van der Waals surface area contributed by atoms with Crippen molar-refractivity contribution in [2.24, 2.45) is 5.92 Å². The van der Waals surface area contributed by atoms with E-state index in [9.17, 15) is 9.90 Å². The maximum atomic E-state index is 10.5. The van der Waals surface area contributed by atoms with Crippen molar-refractivity contribution in [2.75, 3.05) is 6.61 Å². The van der Waals surface area contributed by atoms with Crippen LogP contribution in [0.1, 0.15) is 41.9 Å². The number of aldehydes is 1. The van der Waals surface area contributed by atoms with Gasteiger partial charge in [0.05, 0.1) is 0 Å². The van der Waals surface area contributed by atoms with Crippen molar-refractivity contribution in [3.05, 3.63) is 83.0 Å². The lowest BCUT2D eigenvalue weighted by Crippen LogP contribution is -2.23. The summed E-state index contributed by atoms with van der Waals surface area (Å²) in [6, 6.07) is 13.9. The fraction of sp³-hybridized carbons (Fsp3) is 0.292. The molecule has 0 saturated carbocycles. The van der Waals surface area contributed by atoms with E-state index in [-0.39, 0.29) is 12.5 Å². The van der Waals surface area contributed by atoms with Gasteiger partial charge in [0.2, 0.25) is 0 Å². The number of aromatic hydroxyl groups is 1. The summed E-state index contributed by atoms with van der Waals surface area (Å²) in [5.74, 6) is 1.73. The predicted molar refractivity (Wildman–Crippen MR) is 106 cm³/mol. The third-order valence-corrected chi connectivity index (χ3v) is 5.60. The summed E-state index contributed by atoms with van der Waals surface area (Å²) in [6.07, 6.45) is 12.0. The van der Waals surface area contributed by atoms with Crippen LogP contribution in [0.4, 0.5) is 0 Å². The minimum Gasteiger partial charge on any atom is -0.508 e. The van der Waals surface area contributed by atoms with Gasteiger partial charge < -0.3 is 9.84 Å². The SMILES string of the molecule is O=CCOc1ccc(C2c3ccc(O)cc3CCC2C2=CCCC=C2)cc1. The number of aryl methyl sites for hydroxylation is 1. The van der Waals surface area contributed by atoms with Crippen LogP contribution in [0.3, 0.4) is 0 Å². The number of ether oxygens (including phenoxy) is 1. The molecule has 0 bridgehead atoms. The van der Waals surface area contributed by atoms with Crippen LogP contribution in [-0.4, -0.2) is 18.0 Å². The fourth-order valence-corrected chi connectivity index (χ4v) is 4.39. The number of phenolic OH excluding ortho intramolecular Hbond substituents is 1. The molecule has 0 fully saturated rings. The number of hydrogen-bond acceptors (Lipinski definition) is 3. The lowest BCUT2D eigenvalue weighted by atomic mass is 9.68. The number of benzene rings is 2. The molecule has 1 N–H and O–H groups in total. The van der Waals surface area contributed by atoms with Gasteiger partial charge in [-0.2, -0.15) is 0 Å². The Morgan fingerprint density at radius 3 is 2.70 bits per heavy atom. The normalized spacial score (nSPS) is 21.3. The number of hydrogen-bond donors (Lipinski definition) is 1. The van der Waals surface area contributed by atoms with Gasteiger partial charge in [0.1, 0.15) is 18.1 Å². The molecule has 0 saturated heterocycles. The molecule has 2 aromatic carbocycles. The van der Waals surface area contributed by atoms with Gasteiger partial charge in [-0.05, 0) is 78.1 Å². The van der Waals surface area contributed by atoms with Crippen LogP contribution >= 0.6 is 0 Å². The van der Waals surface area contributed by atoms with Crippen LogP contribution in [-0.2, 0) is 11.2 Å². The summed E-state index contributed by atoms with van der Waals surface area (Å²) < 4.78 is 5.40. The molecule has 2 unspecified atom stereocenters. The summed E-state index contributed by atoms with van der Waals surface area (Å²) >= 11 is 0. The van der Waals surface area contributed by atoms with Gasteiger partial charge in [-0.25, -0.2) is 0 Å². The van der Waals surface area contributed by atoms with Crippen molar-refractivity contribution in [1.29, 1.82) is 0 Å². The first-order valence-electron chi connectivity index (χ1n) is 9.61. The molecule has 4 rings (SSSR count). The highest BCUT2D eigenvalue weighted by molar-refractivity contribution is 5.52. The topological polar surface area (TPSA) is 46.5 Å². The van der Waals surface area contributed by atoms with Gasteiger partial charge >= 0.3 is 0 Å². The zero-order valence-corrected chi connectivity index (χ0v) is 15.3. The first kappa shape index (κ1) is 17.6. The van der Waals surface area contributed by atoms with Gasteiger partial charge in [-0.1, -0.05) is 36.4 Å². The van der Waals surface area contributed by atoms with E-state index in [1.165, 1.54) is 22.3 Å². The van der Waals surface area contributed by atoms with Gasteiger partial charge in [-0.15, -0.1) is 0 Å². The molecule has 3 heteroatoms. The largest absolute Gasteiger partial charge is 0.508 e. The number of carbonyl (C=O) groups excluding carboxylic acids is 1. The lowest BCUT2D eigenvalue weighted by Gasteiger charge is -2.36. The first-order valence-corrected chi connectivity index (χ1v) is 9.61. The van der Waals surface area contributed by atoms with E-state index in [0.717, 1.165) is 32.0 Å². The molecule has 0 aliphatic heterocycles. The van der Waals surface area contributed by atoms with Crippen molar-refractivity contribution in [2.45, 2.75) is 31.6 Å². The molecule has 0 amide bonds. The van der Waals surface area contributed by atoms with E-state index >= 15 is 0 Å². The van der Waals surface area contributed by atoms with Crippen LogP contribution in [0.25, 0.3) is 0 Å². The molecule has 0 spiro atoms. The van der Waals surface area contributed by atoms with Crippen LogP contribution in [0.15, 0.2) is 66.3 Å². The van der Waals surface area contributed by atoms with Crippen molar-refractivity contribution >= 4 is 6.29 Å². The van der Waals surface area contributed by atoms with E-state index < -0.39 is 0 Å². The molecule has 3 nitrogen and oxygen atoms in total. The Morgan fingerprint density at radius 1 is 1.11 bits per heavy atom. The van der Waals surface area contributed by atoms with Crippen LogP contribution in [0, 0.1) is 5.92 Å². The third kappa shape index (κ3) is 3.68. The molecule has 0 aromatic heterocycles. The van der Waals surface area contributed by atoms with Crippen LogP contribution in [0.2, 0.25) is 0 Å². The summed E-state index contributed by atoms with van der Waals surface area (Å²) in [6.45, 7) is 0.0746. The minimum absolute atomic E-state index is 0.0746. The molecule has 138 valence electrons. The predicted octanol–water partition coefficient (Wildman–Crippen LogP) is 4.94. The molecule has 2 aliphatic carbocycles. The van der Waals surface area contributed by atoms with E-state index in [4.69, 9.17) is 4.74 Å². The Labute approximate surface area is 160 Å². The first-order chi connectivity index (χ1) is 13.3. The van der Waals surface area contributed by atoms with Crippen molar-refractivity contribution in [3.8, 4) is 11.5 Å². The minimum atomic E-state index is 0.0746. The van der Waals surface area contributed by atoms with Crippen molar-refractivity contribution in [3.63, 3.8) is 0 Å². The second-order valence-electron chi connectivity index (χ2n) is 7.24. The quantitative estimate of drug-likeness (QED) is 0.768. The summed E-state index contributed by atoms with van der Waals surface area (Å²) in [4.78, 5) is 10.5.